The zero-order chi connectivity index (χ0) is 18.2. The molecule has 5 nitrogen and oxygen atoms in total. The maximum atomic E-state index is 13.3. The third-order valence-electron chi connectivity index (χ3n) is 3.29. The number of esters is 1. The van der Waals surface area contributed by atoms with Gasteiger partial charge in [0.1, 0.15) is 0 Å². The lowest BCUT2D eigenvalue weighted by molar-refractivity contribution is -0.150. The fourth-order valence-corrected chi connectivity index (χ4v) is 2.27. The average molecular weight is 410 g/mol. The summed E-state index contributed by atoms with van der Waals surface area (Å²) < 4.78 is 24.1. The smallest absolute Gasteiger partial charge is 0.344 e. The number of benzene rings is 2. The number of nitrogens with one attached hydrogen (secondary N) is 1. The topological polar surface area (TPSA) is 64.6 Å². The van der Waals surface area contributed by atoms with Crippen molar-refractivity contribution in [3.8, 4) is 5.75 Å². The second-order valence-electron chi connectivity index (χ2n) is 5.22. The van der Waals surface area contributed by atoms with Gasteiger partial charge in [0.25, 0.3) is 5.91 Å². The molecule has 0 aliphatic heterocycles. The second-order valence-corrected chi connectivity index (χ2v) is 6.14. The van der Waals surface area contributed by atoms with Crippen LogP contribution in [0.5, 0.6) is 5.75 Å². The molecule has 0 heterocycles. The molecule has 2 aromatic carbocycles. The van der Waals surface area contributed by atoms with E-state index < -0.39 is 30.9 Å². The van der Waals surface area contributed by atoms with Gasteiger partial charge in [-0.1, -0.05) is 40.2 Å². The predicted octanol–water partition coefficient (Wildman–Crippen LogP) is 3.39. The highest BCUT2D eigenvalue weighted by Gasteiger charge is 2.13. The Bertz CT molecular complexity index is 736. The van der Waals surface area contributed by atoms with E-state index in [-0.39, 0.29) is 11.8 Å². The predicted molar refractivity (Wildman–Crippen MR) is 93.6 cm³/mol. The first-order valence-corrected chi connectivity index (χ1v) is 8.33. The van der Waals surface area contributed by atoms with Crippen molar-refractivity contribution in [2.45, 2.75) is 13.0 Å². The number of para-hydroxylation sites is 1. The zero-order valence-electron chi connectivity index (χ0n) is 13.5. The van der Waals surface area contributed by atoms with Gasteiger partial charge >= 0.3 is 5.97 Å². The summed E-state index contributed by atoms with van der Waals surface area (Å²) in [6.07, 6.45) is 0. The van der Waals surface area contributed by atoms with Gasteiger partial charge in [0, 0.05) is 4.47 Å². The van der Waals surface area contributed by atoms with Gasteiger partial charge in [0.2, 0.25) is 0 Å². The van der Waals surface area contributed by atoms with Crippen LogP contribution in [0.3, 0.4) is 0 Å². The number of ether oxygens (including phenoxy) is 2. The van der Waals surface area contributed by atoms with E-state index in [0.29, 0.717) is 0 Å². The van der Waals surface area contributed by atoms with Gasteiger partial charge in [-0.15, -0.1) is 0 Å². The SMILES string of the molecule is C[C@@H](NC(=O)COC(=O)COc1ccccc1F)c1ccc(Br)cc1. The van der Waals surface area contributed by atoms with E-state index in [4.69, 9.17) is 9.47 Å². The van der Waals surface area contributed by atoms with E-state index >= 15 is 0 Å². The van der Waals surface area contributed by atoms with E-state index in [1.807, 2.05) is 31.2 Å². The van der Waals surface area contributed by atoms with Crippen LogP contribution in [-0.4, -0.2) is 25.1 Å². The van der Waals surface area contributed by atoms with Crippen LogP contribution in [-0.2, 0) is 14.3 Å². The monoisotopic (exact) mass is 409 g/mol. The maximum Gasteiger partial charge on any atom is 0.344 e. The van der Waals surface area contributed by atoms with E-state index in [0.717, 1.165) is 10.0 Å². The molecule has 1 amide bonds. The van der Waals surface area contributed by atoms with Gasteiger partial charge in [-0.2, -0.15) is 0 Å². The number of amides is 1. The molecule has 0 unspecified atom stereocenters. The number of carbonyl (C=O) groups excluding carboxylic acids is 2. The molecule has 7 heteroatoms. The lowest BCUT2D eigenvalue weighted by Crippen LogP contribution is -2.31. The second kappa shape index (κ2) is 9.17. The van der Waals surface area contributed by atoms with Crippen molar-refractivity contribution in [2.24, 2.45) is 0 Å². The lowest BCUT2D eigenvalue weighted by Gasteiger charge is -2.14. The molecule has 0 spiro atoms. The Balaban J connectivity index is 1.73. The van der Waals surface area contributed by atoms with Crippen LogP contribution in [0, 0.1) is 5.82 Å². The molecule has 0 aliphatic rings. The van der Waals surface area contributed by atoms with Gasteiger partial charge in [0.15, 0.2) is 24.8 Å². The van der Waals surface area contributed by atoms with E-state index in [1.54, 1.807) is 6.07 Å². The normalized spacial score (nSPS) is 11.5. The van der Waals surface area contributed by atoms with Crippen molar-refractivity contribution in [3.05, 3.63) is 64.4 Å². The van der Waals surface area contributed by atoms with Crippen molar-refractivity contribution in [3.63, 3.8) is 0 Å². The fraction of sp³-hybridized carbons (Fsp3) is 0.222. The van der Waals surface area contributed by atoms with Crippen LogP contribution in [0.25, 0.3) is 0 Å². The Morgan fingerprint density at radius 2 is 1.80 bits per heavy atom. The van der Waals surface area contributed by atoms with Crippen molar-refractivity contribution >= 4 is 27.8 Å². The molecular weight excluding hydrogens is 393 g/mol. The first-order valence-electron chi connectivity index (χ1n) is 7.53. The Morgan fingerprint density at radius 3 is 2.48 bits per heavy atom. The van der Waals surface area contributed by atoms with Crippen LogP contribution in [0.15, 0.2) is 53.0 Å². The summed E-state index contributed by atoms with van der Waals surface area (Å²) in [5, 5.41) is 2.72. The maximum absolute atomic E-state index is 13.3. The summed E-state index contributed by atoms with van der Waals surface area (Å²) in [4.78, 5) is 23.4. The molecule has 0 saturated carbocycles. The molecule has 2 aromatic rings. The Kier molecular flexibility index (Phi) is 6.94. The summed E-state index contributed by atoms with van der Waals surface area (Å²) >= 11 is 3.34. The Labute approximate surface area is 153 Å². The van der Waals surface area contributed by atoms with Gasteiger partial charge < -0.3 is 14.8 Å². The summed E-state index contributed by atoms with van der Waals surface area (Å²) in [6, 6.07) is 13.0. The molecule has 0 saturated heterocycles. The minimum absolute atomic E-state index is 0.0484. The molecule has 2 rings (SSSR count). The first-order chi connectivity index (χ1) is 12.0. The molecule has 0 aromatic heterocycles. The number of hydrogen-bond donors (Lipinski definition) is 1. The molecule has 0 bridgehead atoms. The highest BCUT2D eigenvalue weighted by atomic mass is 79.9. The average Bonchev–Trinajstić information content (AvgIpc) is 2.59. The quantitative estimate of drug-likeness (QED) is 0.711. The summed E-state index contributed by atoms with van der Waals surface area (Å²) in [6.45, 7) is 0.918. The van der Waals surface area contributed by atoms with Gasteiger partial charge in [-0.05, 0) is 36.8 Å². The van der Waals surface area contributed by atoms with Gasteiger partial charge in [-0.25, -0.2) is 9.18 Å². The molecular formula is C18H17BrFNO4. The van der Waals surface area contributed by atoms with E-state index in [2.05, 4.69) is 21.2 Å². The van der Waals surface area contributed by atoms with Crippen LogP contribution in [0.4, 0.5) is 4.39 Å². The highest BCUT2D eigenvalue weighted by molar-refractivity contribution is 9.10. The van der Waals surface area contributed by atoms with Crippen LogP contribution in [0.2, 0.25) is 0 Å². The Hall–Kier alpha value is -2.41. The molecule has 0 aliphatic carbocycles. The fourth-order valence-electron chi connectivity index (χ4n) is 2.00. The Morgan fingerprint density at radius 1 is 1.12 bits per heavy atom. The third kappa shape index (κ3) is 6.19. The standard InChI is InChI=1S/C18H17BrFNO4/c1-12(13-6-8-14(19)9-7-13)21-17(22)10-25-18(23)11-24-16-5-3-2-4-15(16)20/h2-9,12H,10-11H2,1H3,(H,21,22)/t12-/m1/s1. The number of rotatable bonds is 7. The molecule has 25 heavy (non-hydrogen) atoms. The van der Waals surface area contributed by atoms with Crippen LogP contribution in [0.1, 0.15) is 18.5 Å². The van der Waals surface area contributed by atoms with Crippen molar-refractivity contribution in [1.29, 1.82) is 0 Å². The lowest BCUT2D eigenvalue weighted by atomic mass is 10.1. The van der Waals surface area contributed by atoms with Crippen LogP contribution < -0.4 is 10.1 Å². The molecule has 0 fully saturated rings. The summed E-state index contributed by atoms with van der Waals surface area (Å²) in [5.74, 6) is -1.81. The molecule has 1 atom stereocenters. The molecule has 132 valence electrons. The molecule has 1 N–H and O–H groups in total. The largest absolute Gasteiger partial charge is 0.479 e. The third-order valence-corrected chi connectivity index (χ3v) is 3.82. The zero-order valence-corrected chi connectivity index (χ0v) is 15.1. The highest BCUT2D eigenvalue weighted by Crippen LogP contribution is 2.16. The van der Waals surface area contributed by atoms with E-state index in [1.165, 1.54) is 18.2 Å². The van der Waals surface area contributed by atoms with Crippen molar-refractivity contribution in [1.82, 2.24) is 5.32 Å². The summed E-state index contributed by atoms with van der Waals surface area (Å²) in [5.41, 5.74) is 0.922. The van der Waals surface area contributed by atoms with Crippen LogP contribution >= 0.6 is 15.9 Å². The van der Waals surface area contributed by atoms with Gasteiger partial charge in [0.05, 0.1) is 6.04 Å². The van der Waals surface area contributed by atoms with Gasteiger partial charge in [-0.3, -0.25) is 4.79 Å². The van der Waals surface area contributed by atoms with Crippen molar-refractivity contribution in [2.75, 3.05) is 13.2 Å². The number of halogens is 2. The number of carbonyl (C=O) groups is 2. The molecule has 0 radical (unpaired) electrons. The van der Waals surface area contributed by atoms with E-state index in [9.17, 15) is 14.0 Å². The minimum atomic E-state index is -0.755. The minimum Gasteiger partial charge on any atom is -0.479 e. The number of hydrogen-bond acceptors (Lipinski definition) is 4. The van der Waals surface area contributed by atoms with Crippen molar-refractivity contribution < 1.29 is 23.5 Å². The summed E-state index contributed by atoms with van der Waals surface area (Å²) in [7, 11) is 0. The first kappa shape index (κ1) is 18.9.